The largest absolute Gasteiger partial charge is 0.463 e. The van der Waals surface area contributed by atoms with Crippen LogP contribution in [0.25, 0.3) is 0 Å². The molecule has 0 aliphatic heterocycles. The SMILES string of the molecule is CCCCC(CC)CNc1nc(N)nc(OCCC)n1. The van der Waals surface area contributed by atoms with Crippen molar-refractivity contribution in [1.82, 2.24) is 15.0 Å². The van der Waals surface area contributed by atoms with Crippen LogP contribution >= 0.6 is 0 Å². The molecule has 1 heterocycles. The quantitative estimate of drug-likeness (QED) is 0.686. The highest BCUT2D eigenvalue weighted by atomic mass is 16.5. The predicted octanol–water partition coefficient (Wildman–Crippen LogP) is 2.87. The van der Waals surface area contributed by atoms with Crippen molar-refractivity contribution in [2.24, 2.45) is 5.92 Å². The molecule has 0 saturated heterocycles. The molecule has 1 aromatic rings. The first-order valence-electron chi connectivity index (χ1n) is 7.57. The highest BCUT2D eigenvalue weighted by Crippen LogP contribution is 2.14. The predicted molar refractivity (Wildman–Crippen MR) is 81.8 cm³/mol. The highest BCUT2D eigenvalue weighted by molar-refractivity contribution is 5.32. The van der Waals surface area contributed by atoms with Gasteiger partial charge in [-0.1, -0.05) is 40.0 Å². The van der Waals surface area contributed by atoms with E-state index in [1.54, 1.807) is 0 Å². The molecular formula is C14H27N5O. The summed E-state index contributed by atoms with van der Waals surface area (Å²) >= 11 is 0. The summed E-state index contributed by atoms with van der Waals surface area (Å²) in [5.41, 5.74) is 5.67. The van der Waals surface area contributed by atoms with Gasteiger partial charge in [0.1, 0.15) is 0 Å². The first kappa shape index (κ1) is 16.5. The van der Waals surface area contributed by atoms with Gasteiger partial charge in [-0.15, -0.1) is 0 Å². The molecule has 0 aliphatic carbocycles. The van der Waals surface area contributed by atoms with Crippen molar-refractivity contribution < 1.29 is 4.74 Å². The standard InChI is InChI=1S/C14H27N5O/c1-4-7-8-11(6-3)10-16-13-17-12(15)18-14(19-13)20-9-5-2/h11H,4-10H2,1-3H3,(H3,15,16,17,18,19). The van der Waals surface area contributed by atoms with Crippen LogP contribution in [-0.2, 0) is 0 Å². The fourth-order valence-corrected chi connectivity index (χ4v) is 1.89. The number of anilines is 2. The van der Waals surface area contributed by atoms with Crippen LogP contribution in [-0.4, -0.2) is 28.1 Å². The van der Waals surface area contributed by atoms with E-state index in [9.17, 15) is 0 Å². The molecule has 0 saturated carbocycles. The molecule has 0 aromatic carbocycles. The topological polar surface area (TPSA) is 86.0 Å². The minimum absolute atomic E-state index is 0.190. The van der Waals surface area contributed by atoms with Gasteiger partial charge in [-0.05, 0) is 18.8 Å². The van der Waals surface area contributed by atoms with Crippen LogP contribution in [0.1, 0.15) is 52.9 Å². The Bertz CT molecular complexity index is 386. The molecule has 0 fully saturated rings. The molecule has 6 heteroatoms. The maximum absolute atomic E-state index is 5.67. The zero-order valence-electron chi connectivity index (χ0n) is 12.9. The zero-order chi connectivity index (χ0) is 14.8. The maximum atomic E-state index is 5.67. The lowest BCUT2D eigenvalue weighted by Crippen LogP contribution is -2.16. The monoisotopic (exact) mass is 281 g/mol. The number of nitrogens with zero attached hydrogens (tertiary/aromatic N) is 3. The summed E-state index contributed by atoms with van der Waals surface area (Å²) in [6.45, 7) is 7.89. The minimum Gasteiger partial charge on any atom is -0.463 e. The number of hydrogen-bond acceptors (Lipinski definition) is 6. The number of hydrogen-bond donors (Lipinski definition) is 2. The summed E-state index contributed by atoms with van der Waals surface area (Å²) in [6.07, 6.45) is 5.75. The molecule has 0 aliphatic rings. The van der Waals surface area contributed by atoms with Crippen molar-refractivity contribution in [3.63, 3.8) is 0 Å². The van der Waals surface area contributed by atoms with Gasteiger partial charge in [0.2, 0.25) is 11.9 Å². The van der Waals surface area contributed by atoms with E-state index in [2.05, 4.69) is 34.1 Å². The first-order valence-corrected chi connectivity index (χ1v) is 7.57. The van der Waals surface area contributed by atoms with Crippen LogP contribution in [0, 0.1) is 5.92 Å². The lowest BCUT2D eigenvalue weighted by Gasteiger charge is -2.15. The van der Waals surface area contributed by atoms with E-state index in [0.29, 0.717) is 24.5 Å². The molecular weight excluding hydrogens is 254 g/mol. The molecule has 3 N–H and O–H groups in total. The third kappa shape index (κ3) is 6.04. The van der Waals surface area contributed by atoms with Crippen molar-refractivity contribution in [1.29, 1.82) is 0 Å². The molecule has 1 rings (SSSR count). The van der Waals surface area contributed by atoms with Gasteiger partial charge in [0.15, 0.2) is 0 Å². The summed E-state index contributed by atoms with van der Waals surface area (Å²) in [7, 11) is 0. The first-order chi connectivity index (χ1) is 9.69. The van der Waals surface area contributed by atoms with Crippen LogP contribution in [0.5, 0.6) is 6.01 Å². The van der Waals surface area contributed by atoms with E-state index < -0.39 is 0 Å². The van der Waals surface area contributed by atoms with Gasteiger partial charge < -0.3 is 15.8 Å². The van der Waals surface area contributed by atoms with E-state index in [1.165, 1.54) is 19.3 Å². The van der Waals surface area contributed by atoms with Crippen molar-refractivity contribution >= 4 is 11.9 Å². The van der Waals surface area contributed by atoms with Crippen LogP contribution in [0.2, 0.25) is 0 Å². The Labute approximate surface area is 121 Å². The van der Waals surface area contributed by atoms with Crippen molar-refractivity contribution in [2.75, 3.05) is 24.2 Å². The van der Waals surface area contributed by atoms with E-state index in [1.807, 2.05) is 6.92 Å². The van der Waals surface area contributed by atoms with E-state index >= 15 is 0 Å². The summed E-state index contributed by atoms with van der Waals surface area (Å²) in [6, 6.07) is 0.295. The van der Waals surface area contributed by atoms with Crippen LogP contribution < -0.4 is 15.8 Å². The molecule has 20 heavy (non-hydrogen) atoms. The Kier molecular flexibility index (Phi) is 7.69. The number of rotatable bonds is 10. The molecule has 0 amide bonds. The Morgan fingerprint density at radius 3 is 2.60 bits per heavy atom. The molecule has 114 valence electrons. The Morgan fingerprint density at radius 2 is 1.95 bits per heavy atom. The van der Waals surface area contributed by atoms with Gasteiger partial charge in [0.25, 0.3) is 0 Å². The van der Waals surface area contributed by atoms with Crippen molar-refractivity contribution in [3.8, 4) is 6.01 Å². The second-order valence-electron chi connectivity index (χ2n) is 4.95. The Balaban J connectivity index is 2.55. The summed E-state index contributed by atoms with van der Waals surface area (Å²) in [5, 5.41) is 3.24. The third-order valence-electron chi connectivity index (χ3n) is 3.16. The normalized spacial score (nSPS) is 12.2. The van der Waals surface area contributed by atoms with Gasteiger partial charge in [-0.3, -0.25) is 0 Å². The Hall–Kier alpha value is -1.59. The molecule has 0 spiro atoms. The number of ether oxygens (including phenoxy) is 1. The van der Waals surface area contributed by atoms with E-state index in [4.69, 9.17) is 10.5 Å². The molecule has 0 bridgehead atoms. The minimum atomic E-state index is 0.190. The highest BCUT2D eigenvalue weighted by Gasteiger charge is 2.09. The molecule has 1 unspecified atom stereocenters. The lowest BCUT2D eigenvalue weighted by atomic mass is 9.99. The maximum Gasteiger partial charge on any atom is 0.323 e. The number of nitrogen functional groups attached to an aromatic ring is 1. The van der Waals surface area contributed by atoms with Crippen molar-refractivity contribution in [2.45, 2.75) is 52.9 Å². The van der Waals surface area contributed by atoms with Gasteiger partial charge >= 0.3 is 6.01 Å². The summed E-state index contributed by atoms with van der Waals surface area (Å²) in [5.74, 6) is 1.32. The average Bonchev–Trinajstić information content (AvgIpc) is 2.45. The summed E-state index contributed by atoms with van der Waals surface area (Å²) < 4.78 is 5.39. The smallest absolute Gasteiger partial charge is 0.323 e. The van der Waals surface area contributed by atoms with Crippen LogP contribution in [0.4, 0.5) is 11.9 Å². The van der Waals surface area contributed by atoms with Crippen LogP contribution in [0.15, 0.2) is 0 Å². The van der Waals surface area contributed by atoms with Gasteiger partial charge in [-0.25, -0.2) is 0 Å². The third-order valence-corrected chi connectivity index (χ3v) is 3.16. The number of nitrogens with one attached hydrogen (secondary N) is 1. The molecule has 0 radical (unpaired) electrons. The molecule has 6 nitrogen and oxygen atoms in total. The average molecular weight is 281 g/mol. The molecule has 1 atom stereocenters. The Morgan fingerprint density at radius 1 is 1.15 bits per heavy atom. The van der Waals surface area contributed by atoms with Gasteiger partial charge in [0.05, 0.1) is 6.61 Å². The van der Waals surface area contributed by atoms with Gasteiger partial charge in [-0.2, -0.15) is 15.0 Å². The van der Waals surface area contributed by atoms with E-state index in [0.717, 1.165) is 19.4 Å². The van der Waals surface area contributed by atoms with Crippen molar-refractivity contribution in [3.05, 3.63) is 0 Å². The number of aromatic nitrogens is 3. The van der Waals surface area contributed by atoms with Gasteiger partial charge in [0, 0.05) is 6.54 Å². The number of unbranched alkanes of at least 4 members (excludes halogenated alkanes) is 1. The van der Waals surface area contributed by atoms with Crippen LogP contribution in [0.3, 0.4) is 0 Å². The fraction of sp³-hybridized carbons (Fsp3) is 0.786. The second-order valence-corrected chi connectivity index (χ2v) is 4.95. The van der Waals surface area contributed by atoms with E-state index in [-0.39, 0.29) is 5.95 Å². The fourth-order valence-electron chi connectivity index (χ4n) is 1.89. The molecule has 1 aromatic heterocycles. The summed E-state index contributed by atoms with van der Waals surface area (Å²) in [4.78, 5) is 12.3. The zero-order valence-corrected chi connectivity index (χ0v) is 12.9. The lowest BCUT2D eigenvalue weighted by molar-refractivity contribution is 0.292. The number of nitrogens with two attached hydrogens (primary N) is 1. The second kappa shape index (κ2) is 9.34.